The van der Waals surface area contributed by atoms with Crippen molar-refractivity contribution in [3.05, 3.63) is 23.8 Å². The minimum atomic E-state index is -0.751. The van der Waals surface area contributed by atoms with Crippen LogP contribution in [0.2, 0.25) is 0 Å². The lowest BCUT2D eigenvalue weighted by Gasteiger charge is -2.03. The molecule has 19 heavy (non-hydrogen) atoms. The maximum atomic E-state index is 13.4. The fourth-order valence-electron chi connectivity index (χ4n) is 1.42. The first kappa shape index (κ1) is 13.6. The second-order valence-corrected chi connectivity index (χ2v) is 4.66. The molecule has 0 bridgehead atoms. The lowest BCUT2D eigenvalue weighted by atomic mass is 10.3. The Balaban J connectivity index is 2.09. The number of hydrogen-bond donors (Lipinski definition) is 2. The molecule has 8 heteroatoms. The van der Waals surface area contributed by atoms with Crippen molar-refractivity contribution < 1.29 is 18.3 Å². The molecule has 1 aromatic heterocycles. The highest BCUT2D eigenvalue weighted by molar-refractivity contribution is 7.22. The van der Waals surface area contributed by atoms with E-state index >= 15 is 0 Å². The van der Waals surface area contributed by atoms with Crippen LogP contribution in [-0.4, -0.2) is 31.3 Å². The van der Waals surface area contributed by atoms with E-state index in [1.54, 1.807) is 0 Å². The fraction of sp³-hybridized carbons (Fsp3) is 0.273. The predicted molar refractivity (Wildman–Crippen MR) is 68.4 cm³/mol. The lowest BCUT2D eigenvalue weighted by Crippen LogP contribution is -2.31. The van der Waals surface area contributed by atoms with E-state index in [0.717, 1.165) is 17.4 Å². The third-order valence-electron chi connectivity index (χ3n) is 2.23. The number of thiazole rings is 1. The van der Waals surface area contributed by atoms with Crippen LogP contribution < -0.4 is 10.6 Å². The summed E-state index contributed by atoms with van der Waals surface area (Å²) >= 11 is 0.999. The van der Waals surface area contributed by atoms with E-state index in [4.69, 9.17) is 4.74 Å². The average molecular weight is 287 g/mol. The topological polar surface area (TPSA) is 63.2 Å². The SMILES string of the molecule is COCCNC(=O)Nc1nc2c(F)cc(F)cc2s1. The fourth-order valence-corrected chi connectivity index (χ4v) is 2.32. The quantitative estimate of drug-likeness (QED) is 0.848. The van der Waals surface area contributed by atoms with Gasteiger partial charge in [0.05, 0.1) is 11.3 Å². The highest BCUT2D eigenvalue weighted by Crippen LogP contribution is 2.28. The van der Waals surface area contributed by atoms with Crippen molar-refractivity contribution >= 4 is 32.7 Å². The molecule has 2 N–H and O–H groups in total. The Morgan fingerprint density at radius 1 is 1.47 bits per heavy atom. The van der Waals surface area contributed by atoms with Crippen LogP contribution >= 0.6 is 11.3 Å². The lowest BCUT2D eigenvalue weighted by molar-refractivity contribution is 0.198. The number of fused-ring (bicyclic) bond motifs is 1. The molecule has 0 unspecified atom stereocenters. The summed E-state index contributed by atoms with van der Waals surface area (Å²) in [6, 6.07) is 1.45. The Kier molecular flexibility index (Phi) is 4.23. The molecule has 0 aliphatic carbocycles. The smallest absolute Gasteiger partial charge is 0.321 e. The van der Waals surface area contributed by atoms with Gasteiger partial charge in [0.2, 0.25) is 0 Å². The van der Waals surface area contributed by atoms with Gasteiger partial charge in [-0.15, -0.1) is 0 Å². The number of benzene rings is 1. The van der Waals surface area contributed by atoms with Crippen molar-refractivity contribution in [3.63, 3.8) is 0 Å². The van der Waals surface area contributed by atoms with Crippen LogP contribution in [0.3, 0.4) is 0 Å². The predicted octanol–water partition coefficient (Wildman–Crippen LogP) is 2.34. The van der Waals surface area contributed by atoms with Crippen LogP contribution in [0.1, 0.15) is 0 Å². The zero-order valence-electron chi connectivity index (χ0n) is 10.00. The summed E-state index contributed by atoms with van der Waals surface area (Å²) in [5.41, 5.74) is 0.0404. The number of halogens is 2. The number of nitrogens with one attached hydrogen (secondary N) is 2. The summed E-state index contributed by atoms with van der Waals surface area (Å²) in [5, 5.41) is 5.18. The molecule has 0 aliphatic rings. The van der Waals surface area contributed by atoms with Gasteiger partial charge in [0.15, 0.2) is 10.9 Å². The molecule has 0 radical (unpaired) electrons. The molecule has 0 aliphatic heterocycles. The van der Waals surface area contributed by atoms with Gasteiger partial charge >= 0.3 is 6.03 Å². The number of ether oxygens (including phenoxy) is 1. The summed E-state index contributed by atoms with van der Waals surface area (Å²) in [6.45, 7) is 0.726. The second-order valence-electron chi connectivity index (χ2n) is 3.63. The second kappa shape index (κ2) is 5.89. The summed E-state index contributed by atoms with van der Waals surface area (Å²) < 4.78 is 31.5. The molecule has 102 valence electrons. The molecule has 1 heterocycles. The Morgan fingerprint density at radius 2 is 2.26 bits per heavy atom. The van der Waals surface area contributed by atoms with E-state index in [2.05, 4.69) is 15.6 Å². The van der Waals surface area contributed by atoms with Gasteiger partial charge in [0.25, 0.3) is 0 Å². The van der Waals surface area contributed by atoms with Crippen molar-refractivity contribution in [2.45, 2.75) is 0 Å². The van der Waals surface area contributed by atoms with E-state index < -0.39 is 17.7 Å². The highest BCUT2D eigenvalue weighted by Gasteiger charge is 2.12. The van der Waals surface area contributed by atoms with Crippen molar-refractivity contribution in [2.75, 3.05) is 25.6 Å². The summed E-state index contributed by atoms with van der Waals surface area (Å²) in [5.74, 6) is -1.43. The van der Waals surface area contributed by atoms with E-state index in [-0.39, 0.29) is 10.6 Å². The number of anilines is 1. The molecule has 0 atom stereocenters. The molecular formula is C11H11F2N3O2S. The van der Waals surface area contributed by atoms with Gasteiger partial charge in [-0.1, -0.05) is 11.3 Å². The van der Waals surface area contributed by atoms with Crippen LogP contribution in [0.5, 0.6) is 0 Å². The largest absolute Gasteiger partial charge is 0.383 e. The number of hydrogen-bond acceptors (Lipinski definition) is 4. The molecule has 2 amide bonds. The minimum absolute atomic E-state index is 0.0404. The molecule has 2 rings (SSSR count). The molecule has 1 aromatic carbocycles. The Bertz CT molecular complexity index is 603. The van der Waals surface area contributed by atoms with Crippen molar-refractivity contribution in [1.29, 1.82) is 0 Å². The molecule has 0 saturated heterocycles. The summed E-state index contributed by atoms with van der Waals surface area (Å²) in [4.78, 5) is 15.3. The molecular weight excluding hydrogens is 276 g/mol. The van der Waals surface area contributed by atoms with Gasteiger partial charge in [-0.25, -0.2) is 18.6 Å². The summed E-state index contributed by atoms with van der Waals surface area (Å²) in [7, 11) is 1.52. The maximum absolute atomic E-state index is 13.4. The number of urea groups is 1. The van der Waals surface area contributed by atoms with Crippen molar-refractivity contribution in [3.8, 4) is 0 Å². The van der Waals surface area contributed by atoms with Crippen LogP contribution in [0.4, 0.5) is 18.7 Å². The van der Waals surface area contributed by atoms with Crippen LogP contribution in [0, 0.1) is 11.6 Å². The third kappa shape index (κ3) is 3.36. The van der Waals surface area contributed by atoms with Gasteiger partial charge in [-0.05, 0) is 6.07 Å². The molecule has 0 saturated carbocycles. The monoisotopic (exact) mass is 287 g/mol. The number of amides is 2. The van der Waals surface area contributed by atoms with E-state index in [1.165, 1.54) is 13.2 Å². The average Bonchev–Trinajstić information content (AvgIpc) is 2.72. The number of carbonyl (C=O) groups is 1. The standard InChI is InChI=1S/C11H11F2N3O2S/c1-18-3-2-14-10(17)16-11-15-9-7(13)4-6(12)5-8(9)19-11/h4-5H,2-3H2,1H3,(H2,14,15,16,17). The van der Waals surface area contributed by atoms with E-state index in [1.807, 2.05) is 0 Å². The number of aromatic nitrogens is 1. The third-order valence-corrected chi connectivity index (χ3v) is 3.14. The zero-order chi connectivity index (χ0) is 13.8. The molecule has 0 fully saturated rings. The summed E-state index contributed by atoms with van der Waals surface area (Å²) in [6.07, 6.45) is 0. The van der Waals surface area contributed by atoms with Crippen LogP contribution in [-0.2, 0) is 4.74 Å². The number of rotatable bonds is 4. The number of methoxy groups -OCH3 is 1. The minimum Gasteiger partial charge on any atom is -0.383 e. The van der Waals surface area contributed by atoms with Crippen molar-refractivity contribution in [1.82, 2.24) is 10.3 Å². The van der Waals surface area contributed by atoms with Gasteiger partial charge in [0.1, 0.15) is 11.3 Å². The van der Waals surface area contributed by atoms with Gasteiger partial charge in [-0.2, -0.15) is 0 Å². The Hall–Kier alpha value is -1.80. The van der Waals surface area contributed by atoms with Crippen molar-refractivity contribution in [2.24, 2.45) is 0 Å². The van der Waals surface area contributed by atoms with Gasteiger partial charge in [-0.3, -0.25) is 5.32 Å². The van der Waals surface area contributed by atoms with E-state index in [0.29, 0.717) is 17.9 Å². The maximum Gasteiger partial charge on any atom is 0.321 e. The first-order valence-corrected chi connectivity index (χ1v) is 6.21. The van der Waals surface area contributed by atoms with E-state index in [9.17, 15) is 13.6 Å². The van der Waals surface area contributed by atoms with Gasteiger partial charge in [0, 0.05) is 19.7 Å². The number of carbonyl (C=O) groups excluding carboxylic acids is 1. The molecule has 0 spiro atoms. The van der Waals surface area contributed by atoms with Crippen LogP contribution in [0.25, 0.3) is 10.2 Å². The zero-order valence-corrected chi connectivity index (χ0v) is 10.8. The molecule has 2 aromatic rings. The highest BCUT2D eigenvalue weighted by atomic mass is 32.1. The Morgan fingerprint density at radius 3 is 3.00 bits per heavy atom. The Labute approximate surface area is 111 Å². The first-order chi connectivity index (χ1) is 9.10. The number of nitrogens with zero attached hydrogens (tertiary/aromatic N) is 1. The van der Waals surface area contributed by atoms with Crippen LogP contribution in [0.15, 0.2) is 12.1 Å². The molecule has 5 nitrogen and oxygen atoms in total. The first-order valence-electron chi connectivity index (χ1n) is 5.39. The van der Waals surface area contributed by atoms with Gasteiger partial charge < -0.3 is 10.1 Å². The normalized spacial score (nSPS) is 10.7.